The van der Waals surface area contributed by atoms with E-state index in [0.29, 0.717) is 10.8 Å². The first kappa shape index (κ1) is 19.2. The molecule has 1 aromatic heterocycles. The molecule has 0 aliphatic carbocycles. The summed E-state index contributed by atoms with van der Waals surface area (Å²) in [6, 6.07) is 5.68. The van der Waals surface area contributed by atoms with Gasteiger partial charge in [0.2, 0.25) is 11.8 Å². The zero-order valence-electron chi connectivity index (χ0n) is 15.5. The molecule has 0 saturated heterocycles. The molecule has 1 aromatic carbocycles. The van der Waals surface area contributed by atoms with Gasteiger partial charge in [-0.05, 0) is 31.9 Å². The van der Waals surface area contributed by atoms with Crippen molar-refractivity contribution in [2.75, 3.05) is 16.4 Å². The Morgan fingerprint density at radius 1 is 1.33 bits per heavy atom. The molecule has 3 rings (SSSR count). The van der Waals surface area contributed by atoms with Gasteiger partial charge in [0, 0.05) is 17.9 Å². The number of nitrogens with one attached hydrogen (secondary N) is 3. The van der Waals surface area contributed by atoms with Gasteiger partial charge in [-0.1, -0.05) is 36.4 Å². The van der Waals surface area contributed by atoms with Crippen molar-refractivity contribution >= 4 is 35.1 Å². The molecule has 7 nitrogen and oxygen atoms in total. The monoisotopic (exact) mass is 386 g/mol. The van der Waals surface area contributed by atoms with E-state index < -0.39 is 5.92 Å². The second-order valence-electron chi connectivity index (χ2n) is 6.59. The van der Waals surface area contributed by atoms with E-state index in [-0.39, 0.29) is 35.2 Å². The van der Waals surface area contributed by atoms with E-state index in [9.17, 15) is 14.4 Å². The minimum absolute atomic E-state index is 0.0873. The Hall–Kier alpha value is -2.61. The zero-order chi connectivity index (χ0) is 19.6. The predicted octanol–water partition coefficient (Wildman–Crippen LogP) is 2.95. The highest BCUT2D eigenvalue weighted by molar-refractivity contribution is 7.99. The summed E-state index contributed by atoms with van der Waals surface area (Å²) in [6.07, 6.45) is 0.842. The number of thioether (sulfide) groups is 1. The van der Waals surface area contributed by atoms with Crippen molar-refractivity contribution in [2.45, 2.75) is 44.7 Å². The molecule has 0 spiro atoms. The topological polar surface area (TPSA) is 104 Å². The largest absolute Gasteiger partial charge is 0.325 e. The maximum absolute atomic E-state index is 12.8. The number of nitrogens with zero attached hydrogens (tertiary/aromatic N) is 1. The fourth-order valence-electron chi connectivity index (χ4n) is 3.02. The number of carbonyl (C=O) groups is 2. The summed E-state index contributed by atoms with van der Waals surface area (Å²) in [6.45, 7) is 5.90. The minimum Gasteiger partial charge on any atom is -0.325 e. The van der Waals surface area contributed by atoms with E-state index in [0.717, 1.165) is 23.3 Å². The van der Waals surface area contributed by atoms with Gasteiger partial charge in [0.25, 0.3) is 5.56 Å². The third-order valence-corrected chi connectivity index (χ3v) is 5.41. The molecule has 0 unspecified atom stereocenters. The van der Waals surface area contributed by atoms with E-state index >= 15 is 0 Å². The number of H-pyrrole nitrogens is 1. The number of anilines is 2. The molecular weight excluding hydrogens is 364 g/mol. The van der Waals surface area contributed by atoms with Crippen molar-refractivity contribution in [1.29, 1.82) is 0 Å². The van der Waals surface area contributed by atoms with Gasteiger partial charge in [-0.15, -0.1) is 0 Å². The van der Waals surface area contributed by atoms with Crippen LogP contribution in [-0.2, 0) is 9.59 Å². The zero-order valence-corrected chi connectivity index (χ0v) is 16.3. The molecule has 27 heavy (non-hydrogen) atoms. The number of aryl methyl sites for hydroxylation is 2. The SMILES string of the molecule is CCCSc1nc2c(c(=O)[nH]1)[C@H](C(=O)Nc1ccc(C)cc1C)CC(=O)N2. The lowest BCUT2D eigenvalue weighted by Crippen LogP contribution is -2.36. The Labute approximate surface area is 161 Å². The fourth-order valence-corrected chi connectivity index (χ4v) is 3.73. The molecule has 2 amide bonds. The molecule has 0 saturated carbocycles. The van der Waals surface area contributed by atoms with E-state index in [4.69, 9.17) is 0 Å². The van der Waals surface area contributed by atoms with Gasteiger partial charge >= 0.3 is 0 Å². The van der Waals surface area contributed by atoms with Crippen LogP contribution in [-0.4, -0.2) is 27.5 Å². The van der Waals surface area contributed by atoms with E-state index in [1.165, 1.54) is 11.8 Å². The van der Waals surface area contributed by atoms with Crippen LogP contribution < -0.4 is 16.2 Å². The van der Waals surface area contributed by atoms with Crippen LogP contribution in [0.25, 0.3) is 0 Å². The lowest BCUT2D eigenvalue weighted by atomic mass is 9.92. The number of aromatic nitrogens is 2. The van der Waals surface area contributed by atoms with Crippen molar-refractivity contribution in [1.82, 2.24) is 9.97 Å². The molecule has 3 N–H and O–H groups in total. The first-order chi connectivity index (χ1) is 12.9. The summed E-state index contributed by atoms with van der Waals surface area (Å²) in [4.78, 5) is 44.6. The van der Waals surface area contributed by atoms with Gasteiger partial charge in [-0.2, -0.15) is 0 Å². The van der Waals surface area contributed by atoms with E-state index in [1.54, 1.807) is 0 Å². The lowest BCUT2D eigenvalue weighted by Gasteiger charge is -2.23. The predicted molar refractivity (Wildman–Crippen MR) is 106 cm³/mol. The standard InChI is InChI=1S/C19H22N4O3S/c1-4-7-27-19-22-16-15(18(26)23-19)12(9-14(24)21-16)17(25)20-13-6-5-10(2)8-11(13)3/h5-6,8,12H,4,7,9H2,1-3H3,(H,20,25)(H2,21,22,23,24,26)/t12-/m1/s1. The first-order valence-corrected chi connectivity index (χ1v) is 9.82. The number of aromatic amines is 1. The summed E-state index contributed by atoms with van der Waals surface area (Å²) >= 11 is 1.41. The van der Waals surface area contributed by atoms with Crippen LogP contribution in [0.4, 0.5) is 11.5 Å². The van der Waals surface area contributed by atoms with E-state index in [2.05, 4.69) is 20.6 Å². The lowest BCUT2D eigenvalue weighted by molar-refractivity contribution is -0.123. The van der Waals surface area contributed by atoms with Gasteiger partial charge in [0.05, 0.1) is 11.5 Å². The smallest absolute Gasteiger partial charge is 0.257 e. The highest BCUT2D eigenvalue weighted by Crippen LogP contribution is 2.30. The Kier molecular flexibility index (Phi) is 5.65. The molecule has 0 bridgehead atoms. The van der Waals surface area contributed by atoms with Crippen LogP contribution in [0.5, 0.6) is 0 Å². The van der Waals surface area contributed by atoms with Gasteiger partial charge in [-0.25, -0.2) is 4.98 Å². The average Bonchev–Trinajstić information content (AvgIpc) is 2.61. The molecule has 8 heteroatoms. The number of amides is 2. The third-order valence-electron chi connectivity index (χ3n) is 4.33. The van der Waals surface area contributed by atoms with Crippen molar-refractivity contribution in [3.63, 3.8) is 0 Å². The summed E-state index contributed by atoms with van der Waals surface area (Å²) in [7, 11) is 0. The van der Waals surface area contributed by atoms with Gasteiger partial charge < -0.3 is 15.6 Å². The maximum Gasteiger partial charge on any atom is 0.257 e. The first-order valence-electron chi connectivity index (χ1n) is 8.84. The fraction of sp³-hybridized carbons (Fsp3) is 0.368. The molecule has 1 atom stereocenters. The summed E-state index contributed by atoms with van der Waals surface area (Å²) in [5.74, 6) is -0.621. The van der Waals surface area contributed by atoms with Crippen LogP contribution in [0, 0.1) is 13.8 Å². The van der Waals surface area contributed by atoms with Crippen LogP contribution in [0.15, 0.2) is 28.2 Å². The third kappa shape index (κ3) is 4.21. The number of hydrogen-bond acceptors (Lipinski definition) is 5. The molecule has 0 radical (unpaired) electrons. The molecular formula is C19H22N4O3S. The molecule has 2 heterocycles. The van der Waals surface area contributed by atoms with Crippen molar-refractivity contribution < 1.29 is 9.59 Å². The quantitative estimate of drug-likeness (QED) is 0.541. The van der Waals surface area contributed by atoms with Crippen molar-refractivity contribution in [3.05, 3.63) is 45.2 Å². The Morgan fingerprint density at radius 3 is 2.81 bits per heavy atom. The minimum atomic E-state index is -0.879. The average molecular weight is 386 g/mol. The highest BCUT2D eigenvalue weighted by Gasteiger charge is 2.34. The maximum atomic E-state index is 12.8. The van der Waals surface area contributed by atoms with Gasteiger partial charge in [0.15, 0.2) is 5.16 Å². The summed E-state index contributed by atoms with van der Waals surface area (Å²) in [5, 5.41) is 5.90. The Balaban J connectivity index is 1.92. The molecule has 1 aliphatic rings. The number of rotatable bonds is 5. The normalized spacial score (nSPS) is 15.8. The van der Waals surface area contributed by atoms with Crippen LogP contribution in [0.3, 0.4) is 0 Å². The second-order valence-corrected chi connectivity index (χ2v) is 7.68. The van der Waals surface area contributed by atoms with Crippen LogP contribution in [0.1, 0.15) is 42.4 Å². The van der Waals surface area contributed by atoms with Crippen molar-refractivity contribution in [2.24, 2.45) is 0 Å². The van der Waals surface area contributed by atoms with E-state index in [1.807, 2.05) is 39.0 Å². The Bertz CT molecular complexity index is 954. The number of benzene rings is 1. The van der Waals surface area contributed by atoms with Gasteiger partial charge in [-0.3, -0.25) is 14.4 Å². The molecule has 142 valence electrons. The number of carbonyl (C=O) groups excluding carboxylic acids is 2. The molecule has 2 aromatic rings. The van der Waals surface area contributed by atoms with Crippen molar-refractivity contribution in [3.8, 4) is 0 Å². The molecule has 0 fully saturated rings. The molecule has 1 aliphatic heterocycles. The second kappa shape index (κ2) is 7.96. The number of hydrogen-bond donors (Lipinski definition) is 3. The number of fused-ring (bicyclic) bond motifs is 1. The van der Waals surface area contributed by atoms with Crippen LogP contribution >= 0.6 is 11.8 Å². The summed E-state index contributed by atoms with van der Waals surface area (Å²) < 4.78 is 0. The van der Waals surface area contributed by atoms with Crippen LogP contribution in [0.2, 0.25) is 0 Å². The Morgan fingerprint density at radius 2 is 2.11 bits per heavy atom. The summed E-state index contributed by atoms with van der Waals surface area (Å²) in [5.41, 5.74) is 2.49. The van der Waals surface area contributed by atoms with Gasteiger partial charge in [0.1, 0.15) is 5.82 Å². The highest BCUT2D eigenvalue weighted by atomic mass is 32.2.